The molecule has 2 nitrogen and oxygen atoms in total. The molecular formula is C14H16O2. The molecule has 0 saturated heterocycles. The molecular weight excluding hydrogens is 200 g/mol. The minimum absolute atomic E-state index is 0.265. The van der Waals surface area contributed by atoms with E-state index in [9.17, 15) is 10.2 Å². The molecule has 0 bridgehead atoms. The van der Waals surface area contributed by atoms with Gasteiger partial charge < -0.3 is 10.2 Å². The number of aliphatic hydroxyl groups excluding tert-OH is 1. The minimum atomic E-state index is -0.908. The Hall–Kier alpha value is -1.30. The van der Waals surface area contributed by atoms with Gasteiger partial charge in [-0.3, -0.25) is 0 Å². The first-order valence-electron chi connectivity index (χ1n) is 5.67. The predicted molar refractivity (Wildman–Crippen MR) is 62.7 cm³/mol. The first-order valence-corrected chi connectivity index (χ1v) is 5.67. The Morgan fingerprint density at radius 3 is 2.38 bits per heavy atom. The molecule has 0 aliphatic heterocycles. The fourth-order valence-corrected chi connectivity index (χ4v) is 1.92. The lowest BCUT2D eigenvalue weighted by molar-refractivity contribution is 0.0104. The van der Waals surface area contributed by atoms with E-state index >= 15 is 0 Å². The SMILES string of the molecule is OC1CCC(O)(C#Cc2ccccc2)CC1. The van der Waals surface area contributed by atoms with Crippen LogP contribution in [0.1, 0.15) is 31.2 Å². The lowest BCUT2D eigenvalue weighted by atomic mass is 9.84. The molecule has 0 spiro atoms. The summed E-state index contributed by atoms with van der Waals surface area (Å²) in [5, 5.41) is 19.5. The van der Waals surface area contributed by atoms with E-state index in [0.717, 1.165) is 5.56 Å². The second kappa shape index (κ2) is 4.69. The zero-order valence-corrected chi connectivity index (χ0v) is 9.19. The van der Waals surface area contributed by atoms with Crippen LogP contribution in [0.5, 0.6) is 0 Å². The van der Waals surface area contributed by atoms with Gasteiger partial charge in [-0.1, -0.05) is 30.0 Å². The van der Waals surface area contributed by atoms with Crippen molar-refractivity contribution in [1.82, 2.24) is 0 Å². The van der Waals surface area contributed by atoms with Gasteiger partial charge in [0.1, 0.15) is 5.60 Å². The van der Waals surface area contributed by atoms with Crippen molar-refractivity contribution in [3.63, 3.8) is 0 Å². The molecule has 0 aromatic heterocycles. The third-order valence-corrected chi connectivity index (χ3v) is 3.00. The van der Waals surface area contributed by atoms with Gasteiger partial charge in [0.25, 0.3) is 0 Å². The zero-order chi connectivity index (χ0) is 11.4. The molecule has 1 aliphatic carbocycles. The molecule has 1 saturated carbocycles. The number of benzene rings is 1. The van der Waals surface area contributed by atoms with Gasteiger partial charge in [-0.2, -0.15) is 0 Å². The van der Waals surface area contributed by atoms with Crippen molar-refractivity contribution in [3.8, 4) is 11.8 Å². The van der Waals surface area contributed by atoms with Gasteiger partial charge >= 0.3 is 0 Å². The zero-order valence-electron chi connectivity index (χ0n) is 9.19. The summed E-state index contributed by atoms with van der Waals surface area (Å²) in [7, 11) is 0. The highest BCUT2D eigenvalue weighted by Gasteiger charge is 2.30. The van der Waals surface area contributed by atoms with Crippen molar-refractivity contribution >= 4 is 0 Å². The first kappa shape index (κ1) is 11.2. The largest absolute Gasteiger partial charge is 0.393 e. The molecule has 0 atom stereocenters. The average Bonchev–Trinajstić information content (AvgIpc) is 2.33. The van der Waals surface area contributed by atoms with Gasteiger partial charge in [0.05, 0.1) is 6.10 Å². The maximum atomic E-state index is 10.2. The van der Waals surface area contributed by atoms with E-state index in [2.05, 4.69) is 11.8 Å². The van der Waals surface area contributed by atoms with Crippen LogP contribution in [-0.2, 0) is 0 Å². The second-order valence-corrected chi connectivity index (χ2v) is 4.38. The van der Waals surface area contributed by atoms with Crippen LogP contribution >= 0.6 is 0 Å². The lowest BCUT2D eigenvalue weighted by Gasteiger charge is -2.29. The number of hydrogen-bond donors (Lipinski definition) is 2. The smallest absolute Gasteiger partial charge is 0.126 e. The fourth-order valence-electron chi connectivity index (χ4n) is 1.92. The Morgan fingerprint density at radius 2 is 1.75 bits per heavy atom. The summed E-state index contributed by atoms with van der Waals surface area (Å²) < 4.78 is 0. The average molecular weight is 216 g/mol. The molecule has 16 heavy (non-hydrogen) atoms. The van der Waals surface area contributed by atoms with Gasteiger partial charge in [-0.15, -0.1) is 0 Å². The highest BCUT2D eigenvalue weighted by Crippen LogP contribution is 2.27. The molecule has 84 valence electrons. The monoisotopic (exact) mass is 216 g/mol. The Morgan fingerprint density at radius 1 is 1.12 bits per heavy atom. The van der Waals surface area contributed by atoms with E-state index in [0.29, 0.717) is 25.7 Å². The maximum absolute atomic E-state index is 10.2. The van der Waals surface area contributed by atoms with Crippen molar-refractivity contribution < 1.29 is 10.2 Å². The third kappa shape index (κ3) is 2.85. The summed E-state index contributed by atoms with van der Waals surface area (Å²) >= 11 is 0. The number of aliphatic hydroxyl groups is 2. The van der Waals surface area contributed by atoms with E-state index in [-0.39, 0.29) is 6.10 Å². The van der Waals surface area contributed by atoms with Crippen molar-refractivity contribution in [2.75, 3.05) is 0 Å². The Balaban J connectivity index is 2.07. The number of hydrogen-bond acceptors (Lipinski definition) is 2. The van der Waals surface area contributed by atoms with E-state index in [1.54, 1.807) is 0 Å². The Bertz CT molecular complexity index is 392. The molecule has 0 radical (unpaired) electrons. The molecule has 0 amide bonds. The predicted octanol–water partition coefficient (Wildman–Crippen LogP) is 1.70. The van der Waals surface area contributed by atoms with E-state index in [1.165, 1.54) is 0 Å². The Labute approximate surface area is 95.9 Å². The van der Waals surface area contributed by atoms with Crippen molar-refractivity contribution in [2.45, 2.75) is 37.4 Å². The Kier molecular flexibility index (Phi) is 3.28. The van der Waals surface area contributed by atoms with Crippen molar-refractivity contribution in [2.24, 2.45) is 0 Å². The molecule has 2 heteroatoms. The molecule has 1 aromatic carbocycles. The first-order chi connectivity index (χ1) is 7.68. The third-order valence-electron chi connectivity index (χ3n) is 3.00. The quantitative estimate of drug-likeness (QED) is 0.648. The fraction of sp³-hybridized carbons (Fsp3) is 0.429. The van der Waals surface area contributed by atoms with Crippen LogP contribution in [0.4, 0.5) is 0 Å². The van der Waals surface area contributed by atoms with E-state index in [1.807, 2.05) is 30.3 Å². The molecule has 0 heterocycles. The van der Waals surface area contributed by atoms with Crippen LogP contribution in [0.3, 0.4) is 0 Å². The van der Waals surface area contributed by atoms with Gasteiger partial charge in [-0.05, 0) is 37.8 Å². The van der Waals surface area contributed by atoms with Gasteiger partial charge in [0, 0.05) is 5.56 Å². The summed E-state index contributed by atoms with van der Waals surface area (Å²) in [4.78, 5) is 0. The van der Waals surface area contributed by atoms with Crippen LogP contribution in [0, 0.1) is 11.8 Å². The van der Waals surface area contributed by atoms with E-state index in [4.69, 9.17) is 0 Å². The highest BCUT2D eigenvalue weighted by atomic mass is 16.3. The normalized spacial score (nSPS) is 29.2. The molecule has 1 aromatic rings. The lowest BCUT2D eigenvalue weighted by Crippen LogP contribution is -2.34. The van der Waals surface area contributed by atoms with Crippen LogP contribution in [0.25, 0.3) is 0 Å². The standard InChI is InChI=1S/C14H16O2/c15-13-7-10-14(16,11-8-13)9-6-12-4-2-1-3-5-12/h1-5,13,15-16H,7-8,10-11H2. The van der Waals surface area contributed by atoms with Crippen LogP contribution in [0.2, 0.25) is 0 Å². The summed E-state index contributed by atoms with van der Waals surface area (Å²) in [6.07, 6.45) is 2.14. The summed E-state index contributed by atoms with van der Waals surface area (Å²) in [5.74, 6) is 5.92. The molecule has 1 aliphatic rings. The van der Waals surface area contributed by atoms with E-state index < -0.39 is 5.60 Å². The van der Waals surface area contributed by atoms with Crippen molar-refractivity contribution in [3.05, 3.63) is 35.9 Å². The second-order valence-electron chi connectivity index (χ2n) is 4.38. The molecule has 2 N–H and O–H groups in total. The molecule has 1 fully saturated rings. The van der Waals surface area contributed by atoms with Gasteiger partial charge in [-0.25, -0.2) is 0 Å². The minimum Gasteiger partial charge on any atom is -0.393 e. The van der Waals surface area contributed by atoms with Crippen LogP contribution < -0.4 is 0 Å². The topological polar surface area (TPSA) is 40.5 Å². The van der Waals surface area contributed by atoms with Crippen molar-refractivity contribution in [1.29, 1.82) is 0 Å². The van der Waals surface area contributed by atoms with Gasteiger partial charge in [0.2, 0.25) is 0 Å². The van der Waals surface area contributed by atoms with Crippen LogP contribution in [0.15, 0.2) is 30.3 Å². The summed E-state index contributed by atoms with van der Waals surface area (Å²) in [6, 6.07) is 9.65. The summed E-state index contributed by atoms with van der Waals surface area (Å²) in [6.45, 7) is 0. The highest BCUT2D eigenvalue weighted by molar-refractivity contribution is 5.36. The summed E-state index contributed by atoms with van der Waals surface area (Å²) in [5.41, 5.74) is 0.0109. The maximum Gasteiger partial charge on any atom is 0.126 e. The van der Waals surface area contributed by atoms with Gasteiger partial charge in [0.15, 0.2) is 0 Å². The number of rotatable bonds is 0. The molecule has 0 unspecified atom stereocenters. The van der Waals surface area contributed by atoms with Crippen LogP contribution in [-0.4, -0.2) is 21.9 Å². The molecule has 2 rings (SSSR count).